The van der Waals surface area contributed by atoms with Crippen molar-refractivity contribution in [2.75, 3.05) is 33.4 Å². The molecule has 0 unspecified atom stereocenters. The molecule has 0 saturated carbocycles. The fraction of sp³-hybridized carbons (Fsp3) is 0.385. The number of fused-ring (bicyclic) bond motifs is 1. The maximum absolute atomic E-state index is 12.9. The Bertz CT molecular complexity index is 1070. The van der Waals surface area contributed by atoms with Crippen LogP contribution in [0.5, 0.6) is 11.5 Å². The number of methoxy groups -OCH3 is 1. The Hall–Kier alpha value is -3.32. The van der Waals surface area contributed by atoms with E-state index in [-0.39, 0.29) is 11.8 Å². The van der Waals surface area contributed by atoms with E-state index in [1.807, 2.05) is 29.2 Å². The molecule has 1 amide bonds. The molecule has 1 aromatic heterocycles. The first-order valence-electron chi connectivity index (χ1n) is 11.6. The van der Waals surface area contributed by atoms with Gasteiger partial charge in [0.15, 0.2) is 0 Å². The second-order valence-electron chi connectivity index (χ2n) is 8.83. The van der Waals surface area contributed by atoms with Crippen LogP contribution in [0.1, 0.15) is 34.9 Å². The minimum Gasteiger partial charge on any atom is -0.497 e. The average molecular weight is 447 g/mol. The van der Waals surface area contributed by atoms with Gasteiger partial charge >= 0.3 is 0 Å². The van der Waals surface area contributed by atoms with Gasteiger partial charge in [0, 0.05) is 44.2 Å². The number of nitrogens with zero attached hydrogens (tertiary/aromatic N) is 3. The Balaban J connectivity index is 1.08. The number of benzene rings is 2. The predicted molar refractivity (Wildman–Crippen MR) is 125 cm³/mol. The molecule has 0 aliphatic carbocycles. The first kappa shape index (κ1) is 21.5. The van der Waals surface area contributed by atoms with Gasteiger partial charge in [-0.1, -0.05) is 24.3 Å². The van der Waals surface area contributed by atoms with Gasteiger partial charge in [0.25, 0.3) is 0 Å². The lowest BCUT2D eigenvalue weighted by Gasteiger charge is -2.20. The van der Waals surface area contributed by atoms with Gasteiger partial charge < -0.3 is 14.4 Å². The largest absolute Gasteiger partial charge is 0.497 e. The van der Waals surface area contributed by atoms with Crippen LogP contribution in [0.4, 0.5) is 0 Å². The standard InChI is InChI=1S/C26H30N4O3/c1-32-23-6-8-24(9-7-23)33-13-11-22-14-25(28-27-22)21-10-12-30(17-21)26(31)18-29-15-19-4-2-3-5-20(19)16-29/h2-9,14,21H,10-13,15-18H2,1H3,(H,27,28)/t21-/m1/s1. The Morgan fingerprint density at radius 1 is 1.09 bits per heavy atom. The zero-order chi connectivity index (χ0) is 22.6. The van der Waals surface area contributed by atoms with E-state index < -0.39 is 0 Å². The van der Waals surface area contributed by atoms with E-state index in [9.17, 15) is 4.79 Å². The van der Waals surface area contributed by atoms with Crippen LogP contribution in [-0.2, 0) is 24.3 Å². The first-order valence-corrected chi connectivity index (χ1v) is 11.6. The van der Waals surface area contributed by atoms with Crippen LogP contribution < -0.4 is 9.47 Å². The van der Waals surface area contributed by atoms with Gasteiger partial charge in [0.05, 0.1) is 26.0 Å². The fourth-order valence-corrected chi connectivity index (χ4v) is 4.70. The number of H-pyrrole nitrogens is 1. The number of ether oxygens (including phenoxy) is 2. The SMILES string of the molecule is COc1ccc(OCCc2cc([C@@H]3CCN(C(=O)CN4Cc5ccccc5C4)C3)n[nH]2)cc1. The van der Waals surface area contributed by atoms with Gasteiger partial charge in [-0.05, 0) is 47.9 Å². The summed E-state index contributed by atoms with van der Waals surface area (Å²) in [4.78, 5) is 17.1. The number of aromatic nitrogens is 2. The molecular formula is C26H30N4O3. The van der Waals surface area contributed by atoms with Crippen LogP contribution in [0.2, 0.25) is 0 Å². The predicted octanol–water partition coefficient (Wildman–Crippen LogP) is 3.37. The van der Waals surface area contributed by atoms with Gasteiger partial charge in [0.2, 0.25) is 5.91 Å². The van der Waals surface area contributed by atoms with Crippen LogP contribution in [0.15, 0.2) is 54.6 Å². The van der Waals surface area contributed by atoms with E-state index in [4.69, 9.17) is 9.47 Å². The van der Waals surface area contributed by atoms with Gasteiger partial charge in [-0.15, -0.1) is 0 Å². The van der Waals surface area contributed by atoms with E-state index in [2.05, 4.69) is 45.4 Å². The molecule has 33 heavy (non-hydrogen) atoms. The molecule has 7 nitrogen and oxygen atoms in total. The topological polar surface area (TPSA) is 70.7 Å². The highest BCUT2D eigenvalue weighted by molar-refractivity contribution is 5.78. The molecule has 172 valence electrons. The zero-order valence-electron chi connectivity index (χ0n) is 19.0. The van der Waals surface area contributed by atoms with E-state index in [0.717, 1.165) is 61.9 Å². The maximum atomic E-state index is 12.9. The molecule has 2 aliphatic heterocycles. The summed E-state index contributed by atoms with van der Waals surface area (Å²) in [5.41, 5.74) is 4.77. The second-order valence-corrected chi connectivity index (χ2v) is 8.83. The number of rotatable bonds is 8. The molecule has 1 N–H and O–H groups in total. The number of likely N-dealkylation sites (tertiary alicyclic amines) is 1. The molecule has 0 bridgehead atoms. The Labute approximate surface area is 194 Å². The number of hydrogen-bond donors (Lipinski definition) is 1. The first-order chi connectivity index (χ1) is 16.2. The van der Waals surface area contributed by atoms with Crippen LogP contribution in [0.25, 0.3) is 0 Å². The van der Waals surface area contributed by atoms with Crippen molar-refractivity contribution >= 4 is 5.91 Å². The van der Waals surface area contributed by atoms with Crippen molar-refractivity contribution in [3.63, 3.8) is 0 Å². The molecular weight excluding hydrogens is 416 g/mol. The number of hydrogen-bond acceptors (Lipinski definition) is 5. The average Bonchev–Trinajstić information content (AvgIpc) is 3.58. The molecule has 0 spiro atoms. The zero-order valence-corrected chi connectivity index (χ0v) is 19.0. The highest BCUT2D eigenvalue weighted by Gasteiger charge is 2.30. The summed E-state index contributed by atoms with van der Waals surface area (Å²) >= 11 is 0. The third-order valence-corrected chi connectivity index (χ3v) is 6.57. The highest BCUT2D eigenvalue weighted by atomic mass is 16.5. The fourth-order valence-electron chi connectivity index (χ4n) is 4.70. The summed E-state index contributed by atoms with van der Waals surface area (Å²) in [6.45, 7) is 4.32. The summed E-state index contributed by atoms with van der Waals surface area (Å²) in [6, 6.07) is 18.2. The van der Waals surface area contributed by atoms with Gasteiger partial charge in [-0.3, -0.25) is 14.8 Å². The molecule has 1 saturated heterocycles. The van der Waals surface area contributed by atoms with Gasteiger partial charge in [-0.2, -0.15) is 5.10 Å². The van der Waals surface area contributed by atoms with E-state index in [1.165, 1.54) is 11.1 Å². The third-order valence-electron chi connectivity index (χ3n) is 6.57. The van der Waals surface area contributed by atoms with Crippen molar-refractivity contribution in [1.29, 1.82) is 0 Å². The van der Waals surface area contributed by atoms with Crippen LogP contribution in [0, 0.1) is 0 Å². The van der Waals surface area contributed by atoms with E-state index in [0.29, 0.717) is 13.2 Å². The number of amides is 1. The monoisotopic (exact) mass is 446 g/mol. The minimum atomic E-state index is 0.217. The number of carbonyl (C=O) groups excluding carboxylic acids is 1. The second kappa shape index (κ2) is 9.67. The van der Waals surface area contributed by atoms with Crippen LogP contribution in [0.3, 0.4) is 0 Å². The van der Waals surface area contributed by atoms with Crippen LogP contribution in [-0.4, -0.2) is 59.3 Å². The molecule has 2 aliphatic rings. The molecule has 1 fully saturated rings. The Morgan fingerprint density at radius 2 is 1.82 bits per heavy atom. The number of aromatic amines is 1. The lowest BCUT2D eigenvalue weighted by molar-refractivity contribution is -0.131. The molecule has 2 aromatic carbocycles. The molecule has 1 atom stereocenters. The Kier molecular flexibility index (Phi) is 6.30. The van der Waals surface area contributed by atoms with E-state index >= 15 is 0 Å². The smallest absolute Gasteiger partial charge is 0.236 e. The molecule has 0 radical (unpaired) electrons. The van der Waals surface area contributed by atoms with Crippen molar-refractivity contribution in [3.8, 4) is 11.5 Å². The molecule has 7 heteroatoms. The Morgan fingerprint density at radius 3 is 2.55 bits per heavy atom. The van der Waals surface area contributed by atoms with Crippen molar-refractivity contribution in [2.45, 2.75) is 31.8 Å². The van der Waals surface area contributed by atoms with Gasteiger partial charge in [0.1, 0.15) is 11.5 Å². The highest BCUT2D eigenvalue weighted by Crippen LogP contribution is 2.28. The lowest BCUT2D eigenvalue weighted by atomic mass is 10.0. The maximum Gasteiger partial charge on any atom is 0.236 e. The van der Waals surface area contributed by atoms with Crippen molar-refractivity contribution in [1.82, 2.24) is 20.0 Å². The van der Waals surface area contributed by atoms with E-state index in [1.54, 1.807) is 7.11 Å². The number of nitrogens with one attached hydrogen (secondary N) is 1. The van der Waals surface area contributed by atoms with Crippen molar-refractivity contribution in [3.05, 3.63) is 77.1 Å². The summed E-state index contributed by atoms with van der Waals surface area (Å²) in [7, 11) is 1.65. The quantitative estimate of drug-likeness (QED) is 0.575. The molecule has 3 aromatic rings. The molecule has 5 rings (SSSR count). The third kappa shape index (κ3) is 5.03. The summed E-state index contributed by atoms with van der Waals surface area (Å²) in [5.74, 6) is 2.14. The summed E-state index contributed by atoms with van der Waals surface area (Å²) < 4.78 is 11.0. The van der Waals surface area contributed by atoms with Crippen LogP contribution >= 0.6 is 0 Å². The van der Waals surface area contributed by atoms with Crippen molar-refractivity contribution < 1.29 is 14.3 Å². The minimum absolute atomic E-state index is 0.217. The van der Waals surface area contributed by atoms with Crippen molar-refractivity contribution in [2.24, 2.45) is 0 Å². The number of carbonyl (C=O) groups is 1. The van der Waals surface area contributed by atoms with Gasteiger partial charge in [-0.25, -0.2) is 0 Å². The molecule has 3 heterocycles. The summed E-state index contributed by atoms with van der Waals surface area (Å²) in [6.07, 6.45) is 1.71. The summed E-state index contributed by atoms with van der Waals surface area (Å²) in [5, 5.41) is 7.66. The lowest BCUT2D eigenvalue weighted by Crippen LogP contribution is -2.37. The normalized spacial score (nSPS) is 17.8.